The Labute approximate surface area is 102 Å². The predicted octanol–water partition coefficient (Wildman–Crippen LogP) is 0.933. The van der Waals surface area contributed by atoms with Gasteiger partial charge in [0.25, 0.3) is 0 Å². The summed E-state index contributed by atoms with van der Waals surface area (Å²) in [5, 5.41) is 3.86. The molecule has 0 aliphatic carbocycles. The number of rotatable bonds is 3. The maximum atomic E-state index is 5.44. The van der Waals surface area contributed by atoms with Gasteiger partial charge in [0, 0.05) is 0 Å². The summed E-state index contributed by atoms with van der Waals surface area (Å²) in [5.41, 5.74) is 6.05. The molecule has 0 fully saturated rings. The summed E-state index contributed by atoms with van der Waals surface area (Å²) in [6.07, 6.45) is 0. The van der Waals surface area contributed by atoms with E-state index in [1.54, 1.807) is 19.2 Å². The zero-order valence-electron chi connectivity index (χ0n) is 9.67. The van der Waals surface area contributed by atoms with E-state index in [4.69, 9.17) is 24.5 Å². The summed E-state index contributed by atoms with van der Waals surface area (Å²) in [6, 6.07) is 3.54. The molecule has 2 N–H and O–H groups in total. The second-order valence-electron chi connectivity index (χ2n) is 3.59. The zero-order chi connectivity index (χ0) is 12.5. The maximum Gasteiger partial charge on any atom is 0.240 e. The van der Waals surface area contributed by atoms with E-state index in [9.17, 15) is 0 Å². The van der Waals surface area contributed by atoms with E-state index in [0.29, 0.717) is 34.5 Å². The minimum atomic E-state index is 0.164. The van der Waals surface area contributed by atoms with Gasteiger partial charge in [0.2, 0.25) is 18.5 Å². The summed E-state index contributed by atoms with van der Waals surface area (Å²) in [7, 11) is 1.56. The molecule has 1 aromatic carbocycles. The molecule has 0 spiro atoms. The average Bonchev–Trinajstić information content (AvgIpc) is 3.05. The molecule has 18 heavy (non-hydrogen) atoms. The zero-order valence-corrected chi connectivity index (χ0v) is 9.67. The number of benzene rings is 1. The van der Waals surface area contributed by atoms with Crippen molar-refractivity contribution in [1.29, 1.82) is 0 Å². The Hall–Kier alpha value is -2.28. The van der Waals surface area contributed by atoms with Crippen molar-refractivity contribution in [2.75, 3.05) is 13.9 Å². The first-order valence-corrected chi connectivity index (χ1v) is 5.33. The van der Waals surface area contributed by atoms with Gasteiger partial charge in [-0.3, -0.25) is 0 Å². The minimum absolute atomic E-state index is 0.164. The molecule has 0 amide bonds. The van der Waals surface area contributed by atoms with Crippen molar-refractivity contribution >= 4 is 0 Å². The molecule has 1 aliphatic rings. The highest BCUT2D eigenvalue weighted by Crippen LogP contribution is 2.45. The van der Waals surface area contributed by atoms with Crippen LogP contribution in [0, 0.1) is 0 Å². The standard InChI is InChI=1S/C11H11N3O4/c1-15-6-2-3-7-10(17-5-16-7)9(6)11-13-8(4-12)18-14-11/h2-3H,4-5,12H2,1H3. The van der Waals surface area contributed by atoms with Crippen LogP contribution in [0.2, 0.25) is 0 Å². The highest BCUT2D eigenvalue weighted by atomic mass is 16.7. The third-order valence-electron chi connectivity index (χ3n) is 2.59. The van der Waals surface area contributed by atoms with Crippen LogP contribution in [0.15, 0.2) is 16.7 Å². The van der Waals surface area contributed by atoms with Gasteiger partial charge < -0.3 is 24.5 Å². The topological polar surface area (TPSA) is 92.6 Å². The lowest BCUT2D eigenvalue weighted by atomic mass is 10.1. The van der Waals surface area contributed by atoms with Gasteiger partial charge in [0.15, 0.2) is 11.5 Å². The van der Waals surface area contributed by atoms with Gasteiger partial charge in [-0.15, -0.1) is 0 Å². The second-order valence-corrected chi connectivity index (χ2v) is 3.59. The van der Waals surface area contributed by atoms with Gasteiger partial charge in [0.05, 0.1) is 13.7 Å². The number of ether oxygens (including phenoxy) is 3. The second kappa shape index (κ2) is 4.19. The normalized spacial score (nSPS) is 12.8. The molecule has 2 heterocycles. The van der Waals surface area contributed by atoms with Crippen LogP contribution in [-0.2, 0) is 6.54 Å². The average molecular weight is 249 g/mol. The molecular weight excluding hydrogens is 238 g/mol. The van der Waals surface area contributed by atoms with Crippen LogP contribution in [-0.4, -0.2) is 24.0 Å². The maximum absolute atomic E-state index is 5.44. The summed E-state index contributed by atoms with van der Waals surface area (Å²) >= 11 is 0. The molecule has 3 rings (SSSR count). The monoisotopic (exact) mass is 249 g/mol. The van der Waals surface area contributed by atoms with Crippen molar-refractivity contribution < 1.29 is 18.7 Å². The number of aromatic nitrogens is 2. The molecule has 7 heteroatoms. The van der Waals surface area contributed by atoms with Gasteiger partial charge in [0.1, 0.15) is 11.3 Å². The Kier molecular flexibility index (Phi) is 2.52. The Balaban J connectivity index is 2.17. The van der Waals surface area contributed by atoms with E-state index in [2.05, 4.69) is 10.1 Å². The van der Waals surface area contributed by atoms with Crippen molar-refractivity contribution in [3.05, 3.63) is 18.0 Å². The molecule has 0 saturated carbocycles. The number of fused-ring (bicyclic) bond motifs is 1. The summed E-state index contributed by atoms with van der Waals surface area (Å²) in [6.45, 7) is 0.346. The van der Waals surface area contributed by atoms with Gasteiger partial charge in [-0.2, -0.15) is 4.98 Å². The first-order valence-electron chi connectivity index (χ1n) is 5.33. The molecular formula is C11H11N3O4. The summed E-state index contributed by atoms with van der Waals surface area (Å²) in [4.78, 5) is 4.17. The van der Waals surface area contributed by atoms with Gasteiger partial charge in [-0.05, 0) is 12.1 Å². The van der Waals surface area contributed by atoms with E-state index in [-0.39, 0.29) is 13.3 Å². The summed E-state index contributed by atoms with van der Waals surface area (Å²) < 4.78 is 21.0. The smallest absolute Gasteiger partial charge is 0.240 e. The van der Waals surface area contributed by atoms with E-state index in [0.717, 1.165) is 0 Å². The molecule has 0 radical (unpaired) electrons. The van der Waals surface area contributed by atoms with E-state index >= 15 is 0 Å². The van der Waals surface area contributed by atoms with Crippen LogP contribution in [0.5, 0.6) is 17.2 Å². The highest BCUT2D eigenvalue weighted by molar-refractivity contribution is 5.76. The van der Waals surface area contributed by atoms with Crippen LogP contribution in [0.4, 0.5) is 0 Å². The molecule has 1 aliphatic heterocycles. The quantitative estimate of drug-likeness (QED) is 0.864. The molecule has 1 aromatic heterocycles. The molecule has 94 valence electrons. The Bertz CT molecular complexity index is 582. The molecule has 0 bridgehead atoms. The van der Waals surface area contributed by atoms with Gasteiger partial charge in [-0.1, -0.05) is 5.16 Å². The SMILES string of the molecule is COc1ccc2c(c1-c1noc(CN)n1)OCO2. The van der Waals surface area contributed by atoms with Crippen molar-refractivity contribution in [3.8, 4) is 28.6 Å². The summed E-state index contributed by atoms with van der Waals surface area (Å²) in [5.74, 6) is 2.49. The van der Waals surface area contributed by atoms with Crippen molar-refractivity contribution in [2.24, 2.45) is 5.73 Å². The van der Waals surface area contributed by atoms with Crippen molar-refractivity contribution in [3.63, 3.8) is 0 Å². The van der Waals surface area contributed by atoms with E-state index in [1.165, 1.54) is 0 Å². The Morgan fingerprint density at radius 3 is 3.00 bits per heavy atom. The number of nitrogens with zero attached hydrogens (tertiary/aromatic N) is 2. The highest BCUT2D eigenvalue weighted by Gasteiger charge is 2.26. The first-order chi connectivity index (χ1) is 8.83. The fourth-order valence-electron chi connectivity index (χ4n) is 1.78. The van der Waals surface area contributed by atoms with Crippen molar-refractivity contribution in [2.45, 2.75) is 6.54 Å². The van der Waals surface area contributed by atoms with E-state index in [1.807, 2.05) is 0 Å². The van der Waals surface area contributed by atoms with Crippen LogP contribution < -0.4 is 19.9 Å². The molecule has 0 unspecified atom stereocenters. The van der Waals surface area contributed by atoms with Crippen LogP contribution in [0.3, 0.4) is 0 Å². The lowest BCUT2D eigenvalue weighted by molar-refractivity contribution is 0.174. The van der Waals surface area contributed by atoms with Crippen LogP contribution in [0.25, 0.3) is 11.4 Å². The molecule has 7 nitrogen and oxygen atoms in total. The fourth-order valence-corrected chi connectivity index (χ4v) is 1.78. The number of hydrogen-bond acceptors (Lipinski definition) is 7. The van der Waals surface area contributed by atoms with Crippen LogP contribution >= 0.6 is 0 Å². The lowest BCUT2D eigenvalue weighted by Gasteiger charge is -2.07. The largest absolute Gasteiger partial charge is 0.496 e. The number of methoxy groups -OCH3 is 1. The molecule has 0 saturated heterocycles. The fraction of sp³-hybridized carbons (Fsp3) is 0.273. The first kappa shape index (κ1) is 10.8. The van der Waals surface area contributed by atoms with Crippen molar-refractivity contribution in [1.82, 2.24) is 10.1 Å². The Morgan fingerprint density at radius 2 is 2.28 bits per heavy atom. The molecule has 2 aromatic rings. The lowest BCUT2D eigenvalue weighted by Crippen LogP contribution is -1.97. The third kappa shape index (κ3) is 1.56. The van der Waals surface area contributed by atoms with Crippen LogP contribution in [0.1, 0.15) is 5.89 Å². The van der Waals surface area contributed by atoms with Gasteiger partial charge in [-0.25, -0.2) is 0 Å². The minimum Gasteiger partial charge on any atom is -0.496 e. The predicted molar refractivity (Wildman–Crippen MR) is 60.3 cm³/mol. The molecule has 0 atom stereocenters. The number of nitrogens with two attached hydrogens (primary N) is 1. The Morgan fingerprint density at radius 1 is 1.39 bits per heavy atom. The van der Waals surface area contributed by atoms with Gasteiger partial charge >= 0.3 is 0 Å². The number of hydrogen-bond donors (Lipinski definition) is 1. The third-order valence-corrected chi connectivity index (χ3v) is 2.59. The van der Waals surface area contributed by atoms with E-state index < -0.39 is 0 Å².